The van der Waals surface area contributed by atoms with Gasteiger partial charge >= 0.3 is 17.9 Å². The molecular formula is C49H88O6. The van der Waals surface area contributed by atoms with E-state index < -0.39 is 6.10 Å². The first-order valence-electron chi connectivity index (χ1n) is 23.5. The molecule has 6 heteroatoms. The van der Waals surface area contributed by atoms with Crippen LogP contribution in [0.4, 0.5) is 0 Å². The first-order valence-corrected chi connectivity index (χ1v) is 23.5. The number of allylic oxidation sites excluding steroid dienone is 6. The van der Waals surface area contributed by atoms with E-state index in [1.54, 1.807) is 0 Å². The highest BCUT2D eigenvalue weighted by Crippen LogP contribution is 2.13. The topological polar surface area (TPSA) is 78.9 Å². The zero-order valence-electron chi connectivity index (χ0n) is 36.4. The highest BCUT2D eigenvalue weighted by atomic mass is 16.6. The zero-order valence-corrected chi connectivity index (χ0v) is 36.4. The summed E-state index contributed by atoms with van der Waals surface area (Å²) in [5.41, 5.74) is 0. The number of unbranched alkanes of at least 4 members (excludes halogenated alkanes) is 25. The highest BCUT2D eigenvalue weighted by Gasteiger charge is 2.19. The number of hydrogen-bond donors (Lipinski definition) is 0. The van der Waals surface area contributed by atoms with Crippen molar-refractivity contribution in [1.82, 2.24) is 0 Å². The predicted octanol–water partition coefficient (Wildman–Crippen LogP) is 15.0. The number of esters is 3. The van der Waals surface area contributed by atoms with Crippen LogP contribution in [0.2, 0.25) is 0 Å². The maximum atomic E-state index is 12.7. The van der Waals surface area contributed by atoms with Crippen LogP contribution in [-0.2, 0) is 28.6 Å². The van der Waals surface area contributed by atoms with E-state index in [9.17, 15) is 14.4 Å². The normalized spacial score (nSPS) is 12.3. The van der Waals surface area contributed by atoms with Crippen molar-refractivity contribution in [1.29, 1.82) is 0 Å². The van der Waals surface area contributed by atoms with Crippen LogP contribution in [0.5, 0.6) is 0 Å². The van der Waals surface area contributed by atoms with Gasteiger partial charge in [0.1, 0.15) is 13.2 Å². The molecule has 0 spiro atoms. The smallest absolute Gasteiger partial charge is 0.306 e. The number of hydrogen-bond acceptors (Lipinski definition) is 6. The van der Waals surface area contributed by atoms with Crippen molar-refractivity contribution in [3.63, 3.8) is 0 Å². The zero-order chi connectivity index (χ0) is 40.1. The van der Waals surface area contributed by atoms with Gasteiger partial charge in [0.25, 0.3) is 0 Å². The molecule has 0 radical (unpaired) electrons. The standard InChI is InChI=1S/C49H88O6/c1-4-7-10-13-16-19-22-23-24-25-26-28-30-33-36-39-42-48(51)54-45-46(44-53-47(50)41-38-35-32-29-21-18-15-12-9-6-3)55-49(52)43-40-37-34-31-27-20-17-14-11-8-5-2/h14-15,17-18,24-25,46H,4-13,16,19-23,26-45H2,1-3H3/b17-14-,18-15-,25-24-. The van der Waals surface area contributed by atoms with Gasteiger partial charge in [0.05, 0.1) is 0 Å². The Morgan fingerprint density at radius 3 is 0.964 bits per heavy atom. The van der Waals surface area contributed by atoms with Gasteiger partial charge in [0.2, 0.25) is 0 Å². The van der Waals surface area contributed by atoms with Crippen LogP contribution in [0.25, 0.3) is 0 Å². The van der Waals surface area contributed by atoms with Gasteiger partial charge in [-0.05, 0) is 83.5 Å². The molecule has 0 bridgehead atoms. The summed E-state index contributed by atoms with van der Waals surface area (Å²) in [4.78, 5) is 37.7. The molecule has 0 saturated heterocycles. The van der Waals surface area contributed by atoms with Crippen molar-refractivity contribution in [2.24, 2.45) is 0 Å². The summed E-state index contributed by atoms with van der Waals surface area (Å²) in [6, 6.07) is 0. The minimum atomic E-state index is -0.779. The molecule has 6 nitrogen and oxygen atoms in total. The summed E-state index contributed by atoms with van der Waals surface area (Å²) in [6.45, 7) is 6.53. The van der Waals surface area contributed by atoms with Gasteiger partial charge in [-0.15, -0.1) is 0 Å². The van der Waals surface area contributed by atoms with Crippen LogP contribution in [-0.4, -0.2) is 37.2 Å². The lowest BCUT2D eigenvalue weighted by Gasteiger charge is -2.18. The van der Waals surface area contributed by atoms with Crippen LogP contribution in [0.3, 0.4) is 0 Å². The lowest BCUT2D eigenvalue weighted by atomic mass is 10.1. The molecule has 55 heavy (non-hydrogen) atoms. The lowest BCUT2D eigenvalue weighted by Crippen LogP contribution is -2.30. The second-order valence-corrected chi connectivity index (χ2v) is 15.7. The molecule has 0 N–H and O–H groups in total. The number of rotatable bonds is 42. The molecule has 0 aliphatic carbocycles. The molecule has 1 unspecified atom stereocenters. The van der Waals surface area contributed by atoms with E-state index in [2.05, 4.69) is 57.2 Å². The molecule has 0 aromatic carbocycles. The van der Waals surface area contributed by atoms with Crippen LogP contribution in [0.1, 0.15) is 239 Å². The third-order valence-electron chi connectivity index (χ3n) is 10.1. The molecule has 0 aliphatic heterocycles. The average Bonchev–Trinajstić information content (AvgIpc) is 3.18. The minimum absolute atomic E-state index is 0.0827. The van der Waals surface area contributed by atoms with Crippen molar-refractivity contribution in [2.75, 3.05) is 13.2 Å². The lowest BCUT2D eigenvalue weighted by molar-refractivity contribution is -0.167. The molecule has 0 saturated carbocycles. The maximum Gasteiger partial charge on any atom is 0.306 e. The van der Waals surface area contributed by atoms with Crippen LogP contribution < -0.4 is 0 Å². The van der Waals surface area contributed by atoms with E-state index in [-0.39, 0.29) is 31.1 Å². The van der Waals surface area contributed by atoms with E-state index in [1.165, 1.54) is 103 Å². The Hall–Kier alpha value is -2.37. The fraction of sp³-hybridized carbons (Fsp3) is 0.816. The molecule has 0 amide bonds. The van der Waals surface area contributed by atoms with Gasteiger partial charge in [-0.2, -0.15) is 0 Å². The van der Waals surface area contributed by atoms with Gasteiger partial charge in [-0.3, -0.25) is 14.4 Å². The maximum absolute atomic E-state index is 12.7. The third kappa shape index (κ3) is 42.6. The third-order valence-corrected chi connectivity index (χ3v) is 10.1. The van der Waals surface area contributed by atoms with Crippen molar-refractivity contribution >= 4 is 17.9 Å². The Bertz CT molecular complexity index is 938. The quantitative estimate of drug-likeness (QED) is 0.0266. The van der Waals surface area contributed by atoms with E-state index in [1.807, 2.05) is 0 Å². The number of ether oxygens (including phenoxy) is 3. The first kappa shape index (κ1) is 52.6. The summed E-state index contributed by atoms with van der Waals surface area (Å²) in [6.07, 6.45) is 49.8. The average molecular weight is 773 g/mol. The van der Waals surface area contributed by atoms with E-state index in [0.29, 0.717) is 19.3 Å². The molecule has 320 valence electrons. The number of carbonyl (C=O) groups excluding carboxylic acids is 3. The summed E-state index contributed by atoms with van der Waals surface area (Å²) in [5, 5.41) is 0. The Morgan fingerprint density at radius 2 is 0.618 bits per heavy atom. The molecule has 0 aliphatic rings. The van der Waals surface area contributed by atoms with Gasteiger partial charge in [-0.1, -0.05) is 173 Å². The first-order chi connectivity index (χ1) is 27.0. The number of carbonyl (C=O) groups is 3. The van der Waals surface area contributed by atoms with E-state index in [0.717, 1.165) is 96.3 Å². The second-order valence-electron chi connectivity index (χ2n) is 15.7. The fourth-order valence-electron chi connectivity index (χ4n) is 6.46. The highest BCUT2D eigenvalue weighted by molar-refractivity contribution is 5.71. The van der Waals surface area contributed by atoms with Gasteiger partial charge < -0.3 is 14.2 Å². The summed E-state index contributed by atoms with van der Waals surface area (Å²) in [7, 11) is 0. The molecule has 0 heterocycles. The van der Waals surface area contributed by atoms with Crippen LogP contribution in [0.15, 0.2) is 36.5 Å². The summed E-state index contributed by atoms with van der Waals surface area (Å²) in [5.74, 6) is -0.913. The largest absolute Gasteiger partial charge is 0.462 e. The van der Waals surface area contributed by atoms with Gasteiger partial charge in [0.15, 0.2) is 6.10 Å². The van der Waals surface area contributed by atoms with Crippen LogP contribution in [0, 0.1) is 0 Å². The molecule has 0 fully saturated rings. The van der Waals surface area contributed by atoms with E-state index >= 15 is 0 Å². The van der Waals surface area contributed by atoms with Crippen molar-refractivity contribution < 1.29 is 28.6 Å². The molecular weight excluding hydrogens is 685 g/mol. The predicted molar refractivity (Wildman–Crippen MR) is 233 cm³/mol. The van der Waals surface area contributed by atoms with Crippen molar-refractivity contribution in [3.05, 3.63) is 36.5 Å². The summed E-state index contributed by atoms with van der Waals surface area (Å²) >= 11 is 0. The Morgan fingerprint density at radius 1 is 0.345 bits per heavy atom. The van der Waals surface area contributed by atoms with Crippen LogP contribution >= 0.6 is 0 Å². The molecule has 0 aromatic heterocycles. The molecule has 0 rings (SSSR count). The van der Waals surface area contributed by atoms with Crippen molar-refractivity contribution in [3.8, 4) is 0 Å². The van der Waals surface area contributed by atoms with Gasteiger partial charge in [0, 0.05) is 19.3 Å². The second kappa shape index (κ2) is 44.3. The minimum Gasteiger partial charge on any atom is -0.462 e. The van der Waals surface area contributed by atoms with Gasteiger partial charge in [-0.25, -0.2) is 0 Å². The van der Waals surface area contributed by atoms with Crippen molar-refractivity contribution in [2.45, 2.75) is 245 Å². The Balaban J connectivity index is 4.35. The Kier molecular flexibility index (Phi) is 42.4. The fourth-order valence-corrected chi connectivity index (χ4v) is 6.46. The summed E-state index contributed by atoms with van der Waals surface area (Å²) < 4.78 is 16.7. The molecule has 1 atom stereocenters. The van der Waals surface area contributed by atoms with E-state index in [4.69, 9.17) is 14.2 Å². The monoisotopic (exact) mass is 773 g/mol. The molecule has 0 aromatic rings. The Labute approximate surface area is 340 Å². The SMILES string of the molecule is CCCC/C=C\CCCCCCCC(=O)OC(COC(=O)CCCCCC/C=C\CCCC)COC(=O)CCCCCCC/C=C\CCCCCCCCC.